The van der Waals surface area contributed by atoms with Crippen LogP contribution in [0.3, 0.4) is 0 Å². The van der Waals surface area contributed by atoms with Crippen LogP contribution in [0, 0.1) is 0 Å². The lowest BCUT2D eigenvalue weighted by atomic mass is 10.2. The summed E-state index contributed by atoms with van der Waals surface area (Å²) in [4.78, 5) is 12.5. The smallest absolute Gasteiger partial charge is 0.197 e. The average molecular weight is 307 g/mol. The molecular weight excluding hydrogens is 299 g/mol. The second-order valence-corrected chi connectivity index (χ2v) is 5.80. The van der Waals surface area contributed by atoms with Crippen molar-refractivity contribution in [3.05, 3.63) is 51.6 Å². The Hall–Kier alpha value is -1.41. The van der Waals surface area contributed by atoms with E-state index < -0.39 is 0 Å². The van der Waals surface area contributed by atoms with Gasteiger partial charge in [-0.1, -0.05) is 23.7 Å². The molecule has 2 aromatic carbocycles. The Morgan fingerprint density at radius 1 is 1.21 bits per heavy atom. The standard InChI is InChI=1S/C14H8ClO2PS/c1-18-17-10-7-6-9(15)12-13(16)8-4-2-3-5-11(8)19-14(10)12/h2-7H,1H2. The van der Waals surface area contributed by atoms with Crippen LogP contribution in [0.15, 0.2) is 41.2 Å². The third-order valence-corrected chi connectivity index (χ3v) is 4.63. The number of hydrogen-bond acceptors (Lipinski definition) is 3. The van der Waals surface area contributed by atoms with Gasteiger partial charge < -0.3 is 4.52 Å². The van der Waals surface area contributed by atoms with E-state index in [0.717, 1.165) is 9.40 Å². The van der Waals surface area contributed by atoms with Crippen LogP contribution in [-0.2, 0) is 0 Å². The highest BCUT2D eigenvalue weighted by Gasteiger charge is 2.13. The number of halogens is 1. The van der Waals surface area contributed by atoms with Crippen LogP contribution < -0.4 is 9.95 Å². The first-order valence-corrected chi connectivity index (χ1v) is 7.68. The number of hydrogen-bond donors (Lipinski definition) is 0. The van der Waals surface area contributed by atoms with Gasteiger partial charge in [0.05, 0.1) is 15.1 Å². The number of benzene rings is 2. The maximum atomic E-state index is 12.5. The molecule has 0 fully saturated rings. The molecule has 0 amide bonds. The van der Waals surface area contributed by atoms with Gasteiger partial charge in [0.15, 0.2) is 5.43 Å². The van der Waals surface area contributed by atoms with E-state index in [1.807, 2.05) is 24.3 Å². The van der Waals surface area contributed by atoms with Crippen molar-refractivity contribution in [2.24, 2.45) is 0 Å². The van der Waals surface area contributed by atoms with Crippen molar-refractivity contribution in [1.29, 1.82) is 0 Å². The normalized spacial score (nSPS) is 11.2. The van der Waals surface area contributed by atoms with Crippen LogP contribution in [0.5, 0.6) is 5.75 Å². The van der Waals surface area contributed by atoms with Crippen LogP contribution in [0.25, 0.3) is 20.2 Å². The molecule has 94 valence electrons. The Kier molecular flexibility index (Phi) is 3.28. The van der Waals surface area contributed by atoms with Gasteiger partial charge in [0.1, 0.15) is 14.2 Å². The summed E-state index contributed by atoms with van der Waals surface area (Å²) in [6.45, 7) is 0. The highest BCUT2D eigenvalue weighted by Crippen LogP contribution is 2.36. The summed E-state index contributed by atoms with van der Waals surface area (Å²) < 4.78 is 7.15. The zero-order valence-corrected chi connectivity index (χ0v) is 12.2. The van der Waals surface area contributed by atoms with E-state index in [2.05, 4.69) is 6.30 Å². The van der Waals surface area contributed by atoms with Crippen molar-refractivity contribution < 1.29 is 4.52 Å². The molecule has 0 atom stereocenters. The molecule has 0 saturated heterocycles. The molecule has 3 aromatic rings. The van der Waals surface area contributed by atoms with Crippen LogP contribution in [0.4, 0.5) is 0 Å². The minimum absolute atomic E-state index is 0.0551. The van der Waals surface area contributed by atoms with Crippen molar-refractivity contribution in [2.75, 3.05) is 0 Å². The quantitative estimate of drug-likeness (QED) is 0.505. The van der Waals surface area contributed by atoms with Gasteiger partial charge in [-0.05, 0) is 30.6 Å². The van der Waals surface area contributed by atoms with Gasteiger partial charge in [-0.25, -0.2) is 0 Å². The van der Waals surface area contributed by atoms with Crippen molar-refractivity contribution >= 4 is 57.8 Å². The number of fused-ring (bicyclic) bond motifs is 2. The van der Waals surface area contributed by atoms with E-state index in [0.29, 0.717) is 30.0 Å². The molecule has 1 heterocycles. The third kappa shape index (κ3) is 2.04. The first-order valence-electron chi connectivity index (χ1n) is 5.49. The molecule has 0 N–H and O–H groups in total. The predicted molar refractivity (Wildman–Crippen MR) is 85.3 cm³/mol. The van der Waals surface area contributed by atoms with Crippen LogP contribution in [0.2, 0.25) is 5.02 Å². The zero-order valence-electron chi connectivity index (χ0n) is 9.72. The lowest BCUT2D eigenvalue weighted by Gasteiger charge is -2.06. The first-order chi connectivity index (χ1) is 9.22. The molecule has 0 aliphatic carbocycles. The molecule has 5 heteroatoms. The Morgan fingerprint density at radius 2 is 2.00 bits per heavy atom. The molecule has 0 aliphatic rings. The van der Waals surface area contributed by atoms with Crippen LogP contribution in [-0.4, -0.2) is 6.30 Å². The molecule has 0 radical (unpaired) electrons. The summed E-state index contributed by atoms with van der Waals surface area (Å²) in [6.07, 6.45) is 3.64. The maximum Gasteiger partial charge on any atom is 0.197 e. The van der Waals surface area contributed by atoms with E-state index in [1.54, 1.807) is 12.1 Å². The minimum atomic E-state index is -0.0551. The van der Waals surface area contributed by atoms with Crippen LogP contribution in [0.1, 0.15) is 0 Å². The number of rotatable bonds is 2. The summed E-state index contributed by atoms with van der Waals surface area (Å²) in [5.41, 5.74) is -0.0551. The highest BCUT2D eigenvalue weighted by atomic mass is 35.5. The second-order valence-electron chi connectivity index (χ2n) is 3.90. The fourth-order valence-corrected chi connectivity index (χ4v) is 3.79. The fourth-order valence-electron chi connectivity index (χ4n) is 1.98. The van der Waals surface area contributed by atoms with Gasteiger partial charge in [-0.3, -0.25) is 4.79 Å². The minimum Gasteiger partial charge on any atom is -0.439 e. The molecule has 0 spiro atoms. The van der Waals surface area contributed by atoms with E-state index in [9.17, 15) is 4.79 Å². The molecule has 0 aliphatic heterocycles. The maximum absolute atomic E-state index is 12.5. The first kappa shape index (κ1) is 12.6. The molecule has 0 bridgehead atoms. The van der Waals surface area contributed by atoms with E-state index in [1.165, 1.54) is 11.3 Å². The van der Waals surface area contributed by atoms with Crippen molar-refractivity contribution in [2.45, 2.75) is 0 Å². The highest BCUT2D eigenvalue weighted by molar-refractivity contribution is 7.31. The van der Waals surface area contributed by atoms with Crippen molar-refractivity contribution in [1.82, 2.24) is 0 Å². The molecule has 0 saturated carbocycles. The summed E-state index contributed by atoms with van der Waals surface area (Å²) in [7, 11) is 0.539. The van der Waals surface area contributed by atoms with Crippen molar-refractivity contribution in [3.63, 3.8) is 0 Å². The van der Waals surface area contributed by atoms with E-state index in [4.69, 9.17) is 16.1 Å². The Balaban J connectivity index is 2.56. The average Bonchev–Trinajstić information content (AvgIpc) is 2.42. The Labute approximate surface area is 120 Å². The Morgan fingerprint density at radius 3 is 2.79 bits per heavy atom. The van der Waals surface area contributed by atoms with Gasteiger partial charge >= 0.3 is 0 Å². The van der Waals surface area contributed by atoms with Gasteiger partial charge in [0, 0.05) is 10.1 Å². The summed E-state index contributed by atoms with van der Waals surface area (Å²) >= 11 is 7.67. The third-order valence-electron chi connectivity index (χ3n) is 2.80. The molecular formula is C14H8ClO2PS. The second kappa shape index (κ2) is 4.93. The lowest BCUT2D eigenvalue weighted by Crippen LogP contribution is -2.01. The SMILES string of the molecule is C=POc1ccc(Cl)c2c(=O)c3ccccc3sc12. The Bertz CT molecular complexity index is 857. The zero-order chi connectivity index (χ0) is 13.4. The summed E-state index contributed by atoms with van der Waals surface area (Å²) in [5, 5.41) is 1.66. The van der Waals surface area contributed by atoms with Crippen LogP contribution >= 0.6 is 31.4 Å². The molecule has 19 heavy (non-hydrogen) atoms. The molecule has 2 nitrogen and oxygen atoms in total. The molecule has 3 rings (SSSR count). The van der Waals surface area contributed by atoms with E-state index >= 15 is 0 Å². The van der Waals surface area contributed by atoms with Gasteiger partial charge in [-0.15, -0.1) is 11.3 Å². The largest absolute Gasteiger partial charge is 0.439 e. The van der Waals surface area contributed by atoms with Crippen molar-refractivity contribution in [3.8, 4) is 5.75 Å². The topological polar surface area (TPSA) is 26.3 Å². The fraction of sp³-hybridized carbons (Fsp3) is 0. The predicted octanol–water partition coefficient (Wildman–Crippen LogP) is 4.74. The van der Waals surface area contributed by atoms with Gasteiger partial charge in [-0.2, -0.15) is 0 Å². The van der Waals surface area contributed by atoms with Gasteiger partial charge in [0.25, 0.3) is 0 Å². The molecule has 1 aromatic heterocycles. The van der Waals surface area contributed by atoms with E-state index in [-0.39, 0.29) is 5.43 Å². The van der Waals surface area contributed by atoms with Gasteiger partial charge in [0.2, 0.25) is 0 Å². The molecule has 0 unspecified atom stereocenters. The lowest BCUT2D eigenvalue weighted by molar-refractivity contribution is 0.653. The summed E-state index contributed by atoms with van der Waals surface area (Å²) in [5.74, 6) is 0.643. The monoisotopic (exact) mass is 306 g/mol. The summed E-state index contributed by atoms with van der Waals surface area (Å²) in [6, 6.07) is 11.0.